The van der Waals surface area contributed by atoms with Crippen LogP contribution >= 0.6 is 0 Å². The van der Waals surface area contributed by atoms with Crippen LogP contribution in [0.5, 0.6) is 0 Å². The van der Waals surface area contributed by atoms with E-state index in [4.69, 9.17) is 0 Å². The number of nitrogens with one attached hydrogen (secondary N) is 1. The first-order valence-corrected chi connectivity index (χ1v) is 12.5. The number of aliphatic hydroxyl groups is 1. The molecule has 0 aromatic rings. The van der Waals surface area contributed by atoms with Gasteiger partial charge in [0.05, 0.1) is 0 Å². The zero-order valence-corrected chi connectivity index (χ0v) is 20.9. The van der Waals surface area contributed by atoms with Gasteiger partial charge in [0, 0.05) is 12.8 Å². The van der Waals surface area contributed by atoms with E-state index >= 15 is 0 Å². The summed E-state index contributed by atoms with van der Waals surface area (Å²) in [7, 11) is 0. The van der Waals surface area contributed by atoms with E-state index in [0.717, 1.165) is 32.1 Å². The van der Waals surface area contributed by atoms with E-state index < -0.39 is 18.1 Å². The minimum Gasteiger partial charge on any atom is -0.480 e. The van der Waals surface area contributed by atoms with Gasteiger partial charge in [-0.05, 0) is 43.4 Å². The smallest absolute Gasteiger partial charge is 0.326 e. The maximum absolute atomic E-state index is 12.0. The second-order valence-corrected chi connectivity index (χ2v) is 9.70. The van der Waals surface area contributed by atoms with Gasteiger partial charge in [0.25, 0.3) is 0 Å². The zero-order valence-electron chi connectivity index (χ0n) is 20.9. The Bertz CT molecular complexity index is 573. The van der Waals surface area contributed by atoms with Gasteiger partial charge in [-0.1, -0.05) is 78.9 Å². The van der Waals surface area contributed by atoms with Crippen LogP contribution < -0.4 is 5.32 Å². The van der Waals surface area contributed by atoms with Crippen LogP contribution in [0.25, 0.3) is 0 Å². The molecule has 0 radical (unpaired) electrons. The molecule has 0 spiro atoms. The average molecular weight is 454 g/mol. The van der Waals surface area contributed by atoms with Crippen molar-refractivity contribution in [3.63, 3.8) is 0 Å². The van der Waals surface area contributed by atoms with Gasteiger partial charge in [0.1, 0.15) is 12.1 Å². The van der Waals surface area contributed by atoms with Gasteiger partial charge in [-0.25, -0.2) is 4.79 Å². The predicted octanol–water partition coefficient (Wildman–Crippen LogP) is 5.28. The molecule has 0 aliphatic heterocycles. The third kappa shape index (κ3) is 15.2. The molecule has 0 aliphatic carbocycles. The fraction of sp³-hybridized carbons (Fsp3) is 0.808. The molecule has 0 rings (SSSR count). The molecule has 1 amide bonds. The molecule has 0 fully saturated rings. The molecule has 0 saturated carbocycles. The average Bonchev–Trinajstić information content (AvgIpc) is 2.72. The molecule has 3 N–H and O–H groups in total. The lowest BCUT2D eigenvalue weighted by molar-refractivity contribution is -0.143. The van der Waals surface area contributed by atoms with E-state index in [1.165, 1.54) is 6.42 Å². The number of amides is 1. The lowest BCUT2D eigenvalue weighted by Crippen LogP contribution is -2.44. The normalized spacial score (nSPS) is 15.5. The van der Waals surface area contributed by atoms with Crippen LogP contribution in [0, 0.1) is 17.8 Å². The summed E-state index contributed by atoms with van der Waals surface area (Å²) in [5.74, 6) is -0.144. The largest absolute Gasteiger partial charge is 0.480 e. The number of Topliss-reactive ketones (excluding diaryl/α,β-unsaturated/α-hetero) is 1. The molecule has 32 heavy (non-hydrogen) atoms. The van der Waals surface area contributed by atoms with Gasteiger partial charge in [0.2, 0.25) is 5.91 Å². The number of aliphatic carboxylic acids is 1. The highest BCUT2D eigenvalue weighted by molar-refractivity contribution is 5.84. The van der Waals surface area contributed by atoms with Crippen molar-refractivity contribution in [2.24, 2.45) is 17.8 Å². The van der Waals surface area contributed by atoms with Crippen molar-refractivity contribution in [2.45, 2.75) is 117 Å². The predicted molar refractivity (Wildman–Crippen MR) is 129 cm³/mol. The molecule has 0 aromatic heterocycles. The third-order valence-electron chi connectivity index (χ3n) is 5.95. The van der Waals surface area contributed by atoms with E-state index in [1.807, 2.05) is 19.9 Å². The number of hydrogen-bond donors (Lipinski definition) is 3. The Labute approximate surface area is 195 Å². The van der Waals surface area contributed by atoms with E-state index in [-0.39, 0.29) is 17.6 Å². The summed E-state index contributed by atoms with van der Waals surface area (Å²) in [6.07, 6.45) is 11.1. The first-order valence-electron chi connectivity index (χ1n) is 12.5. The number of unbranched alkanes of at least 4 members (excludes halogenated alkanes) is 4. The number of hydrogen-bond acceptors (Lipinski definition) is 4. The molecular weight excluding hydrogens is 406 g/mol. The number of allylic oxidation sites excluding steroid dienone is 2. The second-order valence-electron chi connectivity index (χ2n) is 9.70. The summed E-state index contributed by atoms with van der Waals surface area (Å²) in [5, 5.41) is 21.9. The van der Waals surface area contributed by atoms with E-state index in [0.29, 0.717) is 43.9 Å². The van der Waals surface area contributed by atoms with Gasteiger partial charge in [0.15, 0.2) is 5.78 Å². The fourth-order valence-electron chi connectivity index (χ4n) is 3.81. The quantitative estimate of drug-likeness (QED) is 0.182. The summed E-state index contributed by atoms with van der Waals surface area (Å²) >= 11 is 0. The molecule has 0 bridgehead atoms. The standard InChI is InChI=1S/C26H47NO5/c1-6-21(5)25(26(31)32)27-24(30)17-11-9-7-8-10-15-22(28)23(29)16-13-12-14-20(4)18-19(2)3/h12-13,19-22,25,28H,6-11,14-18H2,1-5H3,(H,27,30)(H,31,32)/b13-12-/t20?,21-,22?,25-/m0/s1. The van der Waals surface area contributed by atoms with Crippen LogP contribution in [0.1, 0.15) is 105 Å². The van der Waals surface area contributed by atoms with Crippen LogP contribution in [0.15, 0.2) is 12.2 Å². The first kappa shape index (κ1) is 30.3. The van der Waals surface area contributed by atoms with Crippen molar-refractivity contribution in [2.75, 3.05) is 0 Å². The Hall–Kier alpha value is -1.69. The number of carboxylic acids is 1. The van der Waals surface area contributed by atoms with Crippen molar-refractivity contribution in [1.82, 2.24) is 5.32 Å². The van der Waals surface area contributed by atoms with Crippen LogP contribution in [0.3, 0.4) is 0 Å². The molecule has 0 aromatic carbocycles. The Morgan fingerprint density at radius 3 is 2.16 bits per heavy atom. The summed E-state index contributed by atoms with van der Waals surface area (Å²) in [6, 6.07) is -0.829. The van der Waals surface area contributed by atoms with E-state index in [1.54, 1.807) is 0 Å². The third-order valence-corrected chi connectivity index (χ3v) is 5.95. The van der Waals surface area contributed by atoms with Crippen molar-refractivity contribution in [1.29, 1.82) is 0 Å². The molecular formula is C26H47NO5. The van der Waals surface area contributed by atoms with Crippen molar-refractivity contribution in [3.8, 4) is 0 Å². The zero-order chi connectivity index (χ0) is 24.5. The number of rotatable bonds is 19. The Morgan fingerprint density at radius 1 is 0.938 bits per heavy atom. The van der Waals surface area contributed by atoms with E-state index in [9.17, 15) is 24.6 Å². The van der Waals surface area contributed by atoms with Gasteiger partial charge in [-0.3, -0.25) is 9.59 Å². The molecule has 4 atom stereocenters. The molecule has 2 unspecified atom stereocenters. The van der Waals surface area contributed by atoms with Crippen LogP contribution in [-0.4, -0.2) is 40.0 Å². The van der Waals surface area contributed by atoms with Crippen molar-refractivity contribution >= 4 is 17.7 Å². The maximum atomic E-state index is 12.0. The Morgan fingerprint density at radius 2 is 1.56 bits per heavy atom. The van der Waals surface area contributed by atoms with Crippen molar-refractivity contribution < 1.29 is 24.6 Å². The highest BCUT2D eigenvalue weighted by atomic mass is 16.4. The topological polar surface area (TPSA) is 104 Å². The van der Waals surface area contributed by atoms with E-state index in [2.05, 4.69) is 32.2 Å². The molecule has 6 nitrogen and oxygen atoms in total. The van der Waals surface area contributed by atoms with Gasteiger partial charge in [-0.15, -0.1) is 0 Å². The number of carbonyl (C=O) groups excluding carboxylic acids is 2. The van der Waals surface area contributed by atoms with Crippen LogP contribution in [0.4, 0.5) is 0 Å². The van der Waals surface area contributed by atoms with Gasteiger partial charge in [-0.2, -0.15) is 0 Å². The molecule has 6 heteroatoms. The highest BCUT2D eigenvalue weighted by Gasteiger charge is 2.24. The molecule has 0 saturated heterocycles. The lowest BCUT2D eigenvalue weighted by Gasteiger charge is -2.20. The summed E-state index contributed by atoms with van der Waals surface area (Å²) in [6.45, 7) is 10.4. The monoisotopic (exact) mass is 453 g/mol. The molecule has 0 heterocycles. The number of aliphatic hydroxyl groups excluding tert-OH is 1. The maximum Gasteiger partial charge on any atom is 0.326 e. The van der Waals surface area contributed by atoms with Crippen molar-refractivity contribution in [3.05, 3.63) is 12.2 Å². The second kappa shape index (κ2) is 17.8. The Kier molecular flexibility index (Phi) is 16.9. The summed E-state index contributed by atoms with van der Waals surface area (Å²) in [5.41, 5.74) is 0. The van der Waals surface area contributed by atoms with Gasteiger partial charge < -0.3 is 15.5 Å². The van der Waals surface area contributed by atoms with Crippen LogP contribution in [0.2, 0.25) is 0 Å². The molecule has 186 valence electrons. The number of carboxylic acid groups (broad SMARTS) is 1. The minimum atomic E-state index is -0.989. The summed E-state index contributed by atoms with van der Waals surface area (Å²) in [4.78, 5) is 35.3. The van der Waals surface area contributed by atoms with Crippen LogP contribution in [-0.2, 0) is 14.4 Å². The fourth-order valence-corrected chi connectivity index (χ4v) is 3.81. The lowest BCUT2D eigenvalue weighted by atomic mass is 9.95. The first-order chi connectivity index (χ1) is 15.1. The minimum absolute atomic E-state index is 0.102. The Balaban J connectivity index is 3.87. The molecule has 0 aliphatic rings. The highest BCUT2D eigenvalue weighted by Crippen LogP contribution is 2.15. The number of ketones is 1. The van der Waals surface area contributed by atoms with Gasteiger partial charge >= 0.3 is 5.97 Å². The number of carbonyl (C=O) groups is 3. The SMILES string of the molecule is CC[C@H](C)[C@H](NC(=O)CCCCCCCC(O)C(=O)C/C=C\CC(C)CC(C)C)C(=O)O. The summed E-state index contributed by atoms with van der Waals surface area (Å²) < 4.78 is 0.